The van der Waals surface area contributed by atoms with Crippen LogP contribution >= 0.6 is 23.8 Å². The first-order valence-electron chi connectivity index (χ1n) is 8.54. The Morgan fingerprint density at radius 1 is 1.21 bits per heavy atom. The van der Waals surface area contributed by atoms with E-state index in [1.807, 2.05) is 0 Å². The Morgan fingerprint density at radius 2 is 1.93 bits per heavy atom. The molecule has 0 saturated heterocycles. The molecule has 2 amide bonds. The van der Waals surface area contributed by atoms with Crippen molar-refractivity contribution in [3.8, 4) is 17.1 Å². The normalized spacial score (nSPS) is 10.4. The molecule has 0 unspecified atom stereocenters. The van der Waals surface area contributed by atoms with Gasteiger partial charge in [0.2, 0.25) is 11.8 Å². The highest BCUT2D eigenvalue weighted by Crippen LogP contribution is 2.28. The summed E-state index contributed by atoms with van der Waals surface area (Å²) in [5, 5.41) is 13.0. The third-order valence-corrected chi connectivity index (χ3v) is 4.52. The van der Waals surface area contributed by atoms with Crippen LogP contribution in [0.15, 0.2) is 42.5 Å². The van der Waals surface area contributed by atoms with Crippen LogP contribution in [0.3, 0.4) is 0 Å². The van der Waals surface area contributed by atoms with Gasteiger partial charge in [0.1, 0.15) is 12.3 Å². The zero-order valence-corrected chi connectivity index (χ0v) is 17.2. The summed E-state index contributed by atoms with van der Waals surface area (Å²) in [6.07, 6.45) is 0. The number of nitrogens with zero attached hydrogens (tertiary/aromatic N) is 2. The molecule has 8 nitrogen and oxygen atoms in total. The molecule has 0 aliphatic rings. The lowest BCUT2D eigenvalue weighted by atomic mass is 10.2. The van der Waals surface area contributed by atoms with Crippen LogP contribution in [-0.2, 0) is 16.1 Å². The third kappa shape index (κ3) is 5.01. The molecule has 29 heavy (non-hydrogen) atoms. The smallest absolute Gasteiger partial charge is 0.244 e. The summed E-state index contributed by atoms with van der Waals surface area (Å²) < 4.78 is 7.17. The van der Waals surface area contributed by atoms with Crippen LogP contribution in [0.2, 0.25) is 5.02 Å². The second-order valence-corrected chi connectivity index (χ2v) is 6.91. The number of rotatable bonds is 6. The Morgan fingerprint density at radius 3 is 2.59 bits per heavy atom. The molecule has 0 bridgehead atoms. The SMILES string of the molecule is COc1ccc(NC(C)=O)cc1NC(=O)Cn1c(-c2ccc(Cl)cc2)n[nH]c1=S. The van der Waals surface area contributed by atoms with E-state index < -0.39 is 0 Å². The Kier molecular flexibility index (Phi) is 6.30. The van der Waals surface area contributed by atoms with E-state index in [0.29, 0.717) is 32.7 Å². The lowest BCUT2D eigenvalue weighted by Crippen LogP contribution is -2.20. The number of amides is 2. The van der Waals surface area contributed by atoms with Gasteiger partial charge < -0.3 is 15.4 Å². The van der Waals surface area contributed by atoms with Crippen molar-refractivity contribution in [1.82, 2.24) is 14.8 Å². The number of hydrogen-bond acceptors (Lipinski definition) is 5. The van der Waals surface area contributed by atoms with Crippen LogP contribution in [0.25, 0.3) is 11.4 Å². The Hall–Kier alpha value is -3.17. The first-order chi connectivity index (χ1) is 13.9. The summed E-state index contributed by atoms with van der Waals surface area (Å²) in [4.78, 5) is 24.0. The lowest BCUT2D eigenvalue weighted by Gasteiger charge is -2.13. The van der Waals surface area contributed by atoms with E-state index in [9.17, 15) is 9.59 Å². The number of hydrogen-bond donors (Lipinski definition) is 3. The Balaban J connectivity index is 1.83. The maximum Gasteiger partial charge on any atom is 0.244 e. The molecule has 10 heteroatoms. The van der Waals surface area contributed by atoms with E-state index in [4.69, 9.17) is 28.6 Å². The highest BCUT2D eigenvalue weighted by Gasteiger charge is 2.14. The molecule has 0 radical (unpaired) electrons. The molecule has 3 rings (SSSR count). The number of aromatic nitrogens is 3. The van der Waals surface area contributed by atoms with E-state index in [1.54, 1.807) is 47.0 Å². The quantitative estimate of drug-likeness (QED) is 0.514. The van der Waals surface area contributed by atoms with Crippen molar-refractivity contribution in [1.29, 1.82) is 0 Å². The van der Waals surface area contributed by atoms with Crippen molar-refractivity contribution in [2.45, 2.75) is 13.5 Å². The fourth-order valence-corrected chi connectivity index (χ4v) is 3.03. The first-order valence-corrected chi connectivity index (χ1v) is 9.32. The van der Waals surface area contributed by atoms with Gasteiger partial charge in [-0.3, -0.25) is 19.3 Å². The number of benzene rings is 2. The fourth-order valence-electron chi connectivity index (χ4n) is 2.70. The van der Waals surface area contributed by atoms with Gasteiger partial charge in [0.25, 0.3) is 0 Å². The maximum absolute atomic E-state index is 12.7. The fraction of sp³-hybridized carbons (Fsp3) is 0.158. The number of nitrogens with one attached hydrogen (secondary N) is 3. The Labute approximate surface area is 176 Å². The van der Waals surface area contributed by atoms with Crippen LogP contribution in [0, 0.1) is 4.77 Å². The predicted octanol–water partition coefficient (Wildman–Crippen LogP) is 3.87. The minimum atomic E-state index is -0.337. The summed E-state index contributed by atoms with van der Waals surface area (Å²) >= 11 is 11.2. The van der Waals surface area contributed by atoms with Crippen molar-refractivity contribution in [2.75, 3.05) is 17.7 Å². The first kappa shape index (κ1) is 20.6. The number of carbonyl (C=O) groups excluding carboxylic acids is 2. The van der Waals surface area contributed by atoms with Gasteiger partial charge in [-0.15, -0.1) is 0 Å². The molecule has 2 aromatic carbocycles. The molecule has 0 aliphatic heterocycles. The summed E-state index contributed by atoms with van der Waals surface area (Å²) in [6.45, 7) is 1.34. The van der Waals surface area contributed by atoms with Crippen molar-refractivity contribution >= 4 is 47.0 Å². The predicted molar refractivity (Wildman–Crippen MR) is 114 cm³/mol. The minimum Gasteiger partial charge on any atom is -0.495 e. The van der Waals surface area contributed by atoms with E-state index in [-0.39, 0.29) is 18.4 Å². The van der Waals surface area contributed by atoms with Crippen molar-refractivity contribution in [2.24, 2.45) is 0 Å². The number of ether oxygens (including phenoxy) is 1. The van der Waals surface area contributed by atoms with Crippen LogP contribution in [0.1, 0.15) is 6.92 Å². The molecule has 150 valence electrons. The Bertz CT molecular complexity index is 1110. The van der Waals surface area contributed by atoms with Gasteiger partial charge in [-0.25, -0.2) is 0 Å². The number of H-pyrrole nitrogens is 1. The highest BCUT2D eigenvalue weighted by molar-refractivity contribution is 7.71. The number of anilines is 2. The molecule has 1 heterocycles. The van der Waals surface area contributed by atoms with E-state index >= 15 is 0 Å². The van der Waals surface area contributed by atoms with Gasteiger partial charge in [-0.05, 0) is 54.7 Å². The zero-order valence-electron chi connectivity index (χ0n) is 15.7. The molecule has 0 fully saturated rings. The molecular weight excluding hydrogens is 414 g/mol. The van der Waals surface area contributed by atoms with Crippen molar-refractivity contribution in [3.63, 3.8) is 0 Å². The van der Waals surface area contributed by atoms with Crippen molar-refractivity contribution < 1.29 is 14.3 Å². The molecule has 3 aromatic rings. The minimum absolute atomic E-state index is 0.0686. The number of aromatic amines is 1. The lowest BCUT2D eigenvalue weighted by molar-refractivity contribution is -0.117. The summed E-state index contributed by atoms with van der Waals surface area (Å²) in [5.74, 6) is 0.419. The molecule has 0 atom stereocenters. The van der Waals surface area contributed by atoms with Gasteiger partial charge >= 0.3 is 0 Å². The van der Waals surface area contributed by atoms with Crippen LogP contribution in [-0.4, -0.2) is 33.7 Å². The third-order valence-electron chi connectivity index (χ3n) is 3.96. The summed E-state index contributed by atoms with van der Waals surface area (Å²) in [5.41, 5.74) is 1.72. The summed E-state index contributed by atoms with van der Waals surface area (Å²) in [6, 6.07) is 12.0. The van der Waals surface area contributed by atoms with Gasteiger partial charge in [0.05, 0.1) is 12.8 Å². The topological polar surface area (TPSA) is 101 Å². The maximum atomic E-state index is 12.7. The van der Waals surface area contributed by atoms with Crippen LogP contribution in [0.5, 0.6) is 5.75 Å². The van der Waals surface area contributed by atoms with E-state index in [2.05, 4.69) is 20.8 Å². The number of halogens is 1. The largest absolute Gasteiger partial charge is 0.495 e. The van der Waals surface area contributed by atoms with Gasteiger partial charge in [-0.1, -0.05) is 11.6 Å². The molecule has 1 aromatic heterocycles. The number of carbonyl (C=O) groups is 2. The van der Waals surface area contributed by atoms with Crippen LogP contribution < -0.4 is 15.4 Å². The van der Waals surface area contributed by atoms with Crippen LogP contribution in [0.4, 0.5) is 11.4 Å². The van der Waals surface area contributed by atoms with Gasteiger partial charge in [0.15, 0.2) is 10.6 Å². The molecule has 0 spiro atoms. The highest BCUT2D eigenvalue weighted by atomic mass is 35.5. The second-order valence-electron chi connectivity index (χ2n) is 6.09. The molecule has 0 aliphatic carbocycles. The average molecular weight is 432 g/mol. The average Bonchev–Trinajstić information content (AvgIpc) is 3.02. The van der Waals surface area contributed by atoms with E-state index in [0.717, 1.165) is 5.56 Å². The molecule has 3 N–H and O–H groups in total. The zero-order chi connectivity index (χ0) is 21.0. The molecule has 0 saturated carbocycles. The number of methoxy groups -OCH3 is 1. The van der Waals surface area contributed by atoms with Crippen molar-refractivity contribution in [3.05, 3.63) is 52.3 Å². The molecular formula is C19H18ClN5O3S. The van der Waals surface area contributed by atoms with Gasteiger partial charge in [-0.2, -0.15) is 5.10 Å². The second kappa shape index (κ2) is 8.89. The van der Waals surface area contributed by atoms with E-state index in [1.165, 1.54) is 14.0 Å². The standard InChI is InChI=1S/C19H18ClN5O3S/c1-11(26)21-14-7-8-16(28-2)15(9-14)22-17(27)10-25-18(23-24-19(25)29)12-3-5-13(20)6-4-12/h3-9H,10H2,1-2H3,(H,21,26)(H,22,27)(H,24,29). The summed E-state index contributed by atoms with van der Waals surface area (Å²) in [7, 11) is 1.49. The van der Waals surface area contributed by atoms with Gasteiger partial charge in [0, 0.05) is 23.2 Å². The monoisotopic (exact) mass is 431 g/mol.